The van der Waals surface area contributed by atoms with Crippen LogP contribution in [0.1, 0.15) is 11.1 Å². The number of ether oxygens (including phenoxy) is 3. The zero-order valence-electron chi connectivity index (χ0n) is 12.7. The molecule has 2 aromatic rings. The van der Waals surface area contributed by atoms with Crippen LogP contribution in [0, 0.1) is 0 Å². The molecule has 5 nitrogen and oxygen atoms in total. The van der Waals surface area contributed by atoms with Gasteiger partial charge in [-0.25, -0.2) is 0 Å². The van der Waals surface area contributed by atoms with Gasteiger partial charge < -0.3 is 19.1 Å². The number of hydrogen-bond acceptors (Lipinski definition) is 4. The number of carbonyl (C=O) groups excluding carboxylic acids is 1. The van der Waals surface area contributed by atoms with Gasteiger partial charge in [-0.1, -0.05) is 18.2 Å². The van der Waals surface area contributed by atoms with Gasteiger partial charge in [0, 0.05) is 13.1 Å². The Balaban J connectivity index is 1.42. The fourth-order valence-electron chi connectivity index (χ4n) is 2.91. The first-order valence-electron chi connectivity index (χ1n) is 7.66. The summed E-state index contributed by atoms with van der Waals surface area (Å²) in [6.45, 7) is 1.61. The molecule has 2 aromatic carbocycles. The van der Waals surface area contributed by atoms with Gasteiger partial charge in [0.05, 0.1) is 0 Å². The molecule has 118 valence electrons. The summed E-state index contributed by atoms with van der Waals surface area (Å²) in [4.78, 5) is 14.2. The topological polar surface area (TPSA) is 48.0 Å². The van der Waals surface area contributed by atoms with E-state index in [9.17, 15) is 4.79 Å². The van der Waals surface area contributed by atoms with Crippen LogP contribution in [0.15, 0.2) is 42.5 Å². The molecule has 0 unspecified atom stereocenters. The van der Waals surface area contributed by atoms with Crippen molar-refractivity contribution in [2.24, 2.45) is 0 Å². The Hall–Kier alpha value is -2.69. The molecule has 0 saturated heterocycles. The zero-order valence-corrected chi connectivity index (χ0v) is 12.7. The highest BCUT2D eigenvalue weighted by atomic mass is 16.7. The highest BCUT2D eigenvalue weighted by molar-refractivity contribution is 5.78. The van der Waals surface area contributed by atoms with E-state index < -0.39 is 0 Å². The van der Waals surface area contributed by atoms with Gasteiger partial charge in [-0.15, -0.1) is 0 Å². The number of amides is 1. The van der Waals surface area contributed by atoms with Crippen molar-refractivity contribution in [1.82, 2.24) is 4.90 Å². The van der Waals surface area contributed by atoms with Crippen LogP contribution in [0.5, 0.6) is 17.2 Å². The number of para-hydroxylation sites is 1. The average Bonchev–Trinajstić information content (AvgIpc) is 3.05. The van der Waals surface area contributed by atoms with Crippen molar-refractivity contribution in [1.29, 1.82) is 0 Å². The molecule has 2 heterocycles. The minimum absolute atomic E-state index is 0.00262. The maximum Gasteiger partial charge on any atom is 0.260 e. The summed E-state index contributed by atoms with van der Waals surface area (Å²) in [5.41, 5.74) is 2.34. The maximum absolute atomic E-state index is 12.4. The van der Waals surface area contributed by atoms with Crippen molar-refractivity contribution < 1.29 is 19.0 Å². The molecule has 0 fully saturated rings. The highest BCUT2D eigenvalue weighted by Crippen LogP contribution is 2.36. The zero-order chi connectivity index (χ0) is 15.6. The van der Waals surface area contributed by atoms with Crippen LogP contribution >= 0.6 is 0 Å². The van der Waals surface area contributed by atoms with Crippen LogP contribution in [-0.4, -0.2) is 30.8 Å². The van der Waals surface area contributed by atoms with E-state index in [1.54, 1.807) is 0 Å². The second-order valence-electron chi connectivity index (χ2n) is 5.64. The van der Waals surface area contributed by atoms with Crippen LogP contribution < -0.4 is 14.2 Å². The Morgan fingerprint density at radius 2 is 1.83 bits per heavy atom. The Morgan fingerprint density at radius 1 is 1.09 bits per heavy atom. The number of benzene rings is 2. The third kappa shape index (κ3) is 2.82. The maximum atomic E-state index is 12.4. The molecule has 0 aromatic heterocycles. The molecule has 0 atom stereocenters. The van der Waals surface area contributed by atoms with Crippen molar-refractivity contribution in [3.8, 4) is 17.2 Å². The molecule has 0 aliphatic carbocycles. The third-order valence-electron chi connectivity index (χ3n) is 4.17. The van der Waals surface area contributed by atoms with Crippen LogP contribution in [0.4, 0.5) is 0 Å². The average molecular weight is 311 g/mol. The summed E-state index contributed by atoms with van der Waals surface area (Å²) < 4.78 is 16.4. The van der Waals surface area contributed by atoms with E-state index in [0.717, 1.165) is 23.5 Å². The van der Waals surface area contributed by atoms with Crippen LogP contribution in [0.25, 0.3) is 0 Å². The number of nitrogens with zero attached hydrogens (tertiary/aromatic N) is 1. The van der Waals surface area contributed by atoms with Crippen molar-refractivity contribution in [2.75, 3.05) is 19.9 Å². The molecule has 0 spiro atoms. The SMILES string of the molecule is O=C(COc1ccccc1)N1CCc2cc3c(cc2C1)OCO3. The van der Waals surface area contributed by atoms with Crippen LogP contribution in [0.3, 0.4) is 0 Å². The first-order valence-corrected chi connectivity index (χ1v) is 7.66. The molecule has 0 bridgehead atoms. The van der Waals surface area contributed by atoms with Gasteiger partial charge in [-0.2, -0.15) is 0 Å². The quantitative estimate of drug-likeness (QED) is 0.873. The van der Waals surface area contributed by atoms with Gasteiger partial charge in [0.15, 0.2) is 18.1 Å². The standard InChI is InChI=1S/C18H17NO4/c20-18(11-21-15-4-2-1-3-5-15)19-7-6-13-8-16-17(23-12-22-16)9-14(13)10-19/h1-5,8-9H,6-7,10-12H2. The minimum atomic E-state index is -0.00262. The molecular weight excluding hydrogens is 294 g/mol. The fourth-order valence-corrected chi connectivity index (χ4v) is 2.91. The molecule has 2 aliphatic heterocycles. The van der Waals surface area contributed by atoms with Gasteiger partial charge in [0.2, 0.25) is 6.79 Å². The van der Waals surface area contributed by atoms with Gasteiger partial charge in [0.1, 0.15) is 5.75 Å². The summed E-state index contributed by atoms with van der Waals surface area (Å²) >= 11 is 0. The molecule has 0 radical (unpaired) electrons. The van der Waals surface area contributed by atoms with Crippen LogP contribution in [-0.2, 0) is 17.8 Å². The third-order valence-corrected chi connectivity index (χ3v) is 4.17. The molecule has 0 saturated carbocycles. The molecule has 23 heavy (non-hydrogen) atoms. The molecule has 5 heteroatoms. The predicted molar refractivity (Wildman–Crippen MR) is 83.6 cm³/mol. The summed E-state index contributed by atoms with van der Waals surface area (Å²) in [5.74, 6) is 2.27. The first-order chi connectivity index (χ1) is 11.3. The number of carbonyl (C=O) groups is 1. The first kappa shape index (κ1) is 13.9. The Kier molecular flexibility index (Phi) is 3.54. The van der Waals surface area contributed by atoms with E-state index in [0.29, 0.717) is 18.8 Å². The van der Waals surface area contributed by atoms with E-state index in [2.05, 4.69) is 0 Å². The van der Waals surface area contributed by atoms with E-state index >= 15 is 0 Å². The smallest absolute Gasteiger partial charge is 0.260 e. The van der Waals surface area contributed by atoms with Crippen molar-refractivity contribution in [2.45, 2.75) is 13.0 Å². The van der Waals surface area contributed by atoms with E-state index in [-0.39, 0.29) is 19.3 Å². The largest absolute Gasteiger partial charge is 0.484 e. The molecule has 1 amide bonds. The lowest BCUT2D eigenvalue weighted by molar-refractivity contribution is -0.134. The Bertz CT molecular complexity index is 729. The lowest BCUT2D eigenvalue weighted by Gasteiger charge is -2.29. The molecule has 2 aliphatic rings. The monoisotopic (exact) mass is 311 g/mol. The van der Waals surface area contributed by atoms with Crippen molar-refractivity contribution in [3.63, 3.8) is 0 Å². The van der Waals surface area contributed by atoms with Gasteiger partial charge in [0.25, 0.3) is 5.91 Å². The normalized spacial score (nSPS) is 15.2. The van der Waals surface area contributed by atoms with E-state index in [1.165, 1.54) is 5.56 Å². The van der Waals surface area contributed by atoms with E-state index in [1.807, 2.05) is 47.4 Å². The fraction of sp³-hybridized carbons (Fsp3) is 0.278. The second-order valence-corrected chi connectivity index (χ2v) is 5.64. The molecular formula is C18H17NO4. The Labute approximate surface area is 134 Å². The lowest BCUT2D eigenvalue weighted by atomic mass is 9.99. The predicted octanol–water partition coefficient (Wildman–Crippen LogP) is 2.38. The summed E-state index contributed by atoms with van der Waals surface area (Å²) in [5, 5.41) is 0. The Morgan fingerprint density at radius 3 is 2.61 bits per heavy atom. The second kappa shape index (κ2) is 5.83. The van der Waals surface area contributed by atoms with Crippen molar-refractivity contribution >= 4 is 5.91 Å². The van der Waals surface area contributed by atoms with Crippen LogP contribution in [0.2, 0.25) is 0 Å². The number of hydrogen-bond donors (Lipinski definition) is 0. The summed E-state index contributed by atoms with van der Waals surface area (Å²) in [7, 11) is 0. The number of rotatable bonds is 3. The lowest BCUT2D eigenvalue weighted by Crippen LogP contribution is -2.38. The van der Waals surface area contributed by atoms with Gasteiger partial charge in [-0.05, 0) is 41.8 Å². The van der Waals surface area contributed by atoms with Gasteiger partial charge >= 0.3 is 0 Å². The molecule has 4 rings (SSSR count). The minimum Gasteiger partial charge on any atom is -0.484 e. The highest BCUT2D eigenvalue weighted by Gasteiger charge is 2.24. The molecule has 0 N–H and O–H groups in total. The van der Waals surface area contributed by atoms with Gasteiger partial charge in [-0.3, -0.25) is 4.79 Å². The summed E-state index contributed by atoms with van der Waals surface area (Å²) in [6, 6.07) is 13.4. The number of fused-ring (bicyclic) bond motifs is 2. The van der Waals surface area contributed by atoms with E-state index in [4.69, 9.17) is 14.2 Å². The van der Waals surface area contributed by atoms with Crippen molar-refractivity contribution in [3.05, 3.63) is 53.6 Å². The summed E-state index contributed by atoms with van der Waals surface area (Å²) in [6.07, 6.45) is 0.822.